The second-order valence-electron chi connectivity index (χ2n) is 6.17. The van der Waals surface area contributed by atoms with Gasteiger partial charge >= 0.3 is 6.09 Å². The lowest BCUT2D eigenvalue weighted by atomic mass is 10.0. The summed E-state index contributed by atoms with van der Waals surface area (Å²) in [7, 11) is 1.53. The monoisotopic (exact) mass is 346 g/mol. The van der Waals surface area contributed by atoms with Gasteiger partial charge in [0.25, 0.3) is 0 Å². The van der Waals surface area contributed by atoms with Gasteiger partial charge in [-0.3, -0.25) is 0 Å². The molecule has 0 aliphatic carbocycles. The van der Waals surface area contributed by atoms with Gasteiger partial charge in [-0.15, -0.1) is 0 Å². The molecule has 1 unspecified atom stereocenters. The Bertz CT molecular complexity index is 747. The van der Waals surface area contributed by atoms with Crippen LogP contribution >= 0.6 is 0 Å². The number of piperidine rings is 1. The van der Waals surface area contributed by atoms with Crippen molar-refractivity contribution in [1.82, 2.24) is 20.2 Å². The number of hydrogen-bond donors (Lipinski definition) is 3. The van der Waals surface area contributed by atoms with Gasteiger partial charge in [-0.1, -0.05) is 12.1 Å². The predicted octanol–water partition coefficient (Wildman–Crippen LogP) is 1.40. The average molecular weight is 346 g/mol. The maximum absolute atomic E-state index is 10.7. The van der Waals surface area contributed by atoms with Crippen molar-refractivity contribution in [3.05, 3.63) is 30.0 Å². The molecule has 0 spiro atoms. The van der Waals surface area contributed by atoms with E-state index in [0.29, 0.717) is 23.5 Å². The van der Waals surface area contributed by atoms with Crippen LogP contribution < -0.4 is 10.1 Å². The van der Waals surface area contributed by atoms with Gasteiger partial charge in [0.15, 0.2) is 0 Å². The molecule has 0 saturated carbocycles. The maximum Gasteiger partial charge on any atom is 0.404 e. The number of nitrogens with one attached hydrogen (secondary N) is 1. The highest BCUT2D eigenvalue weighted by molar-refractivity contribution is 5.78. The Morgan fingerprint density at radius 3 is 2.88 bits per heavy atom. The molecule has 1 aromatic heterocycles. The lowest BCUT2D eigenvalue weighted by Crippen LogP contribution is -2.45. The molecule has 1 saturated heterocycles. The molecule has 8 nitrogen and oxygen atoms in total. The van der Waals surface area contributed by atoms with Crippen LogP contribution in [0.25, 0.3) is 11.0 Å². The Balaban J connectivity index is 1.68. The zero-order chi connectivity index (χ0) is 17.8. The molecule has 2 aromatic rings. The summed E-state index contributed by atoms with van der Waals surface area (Å²) in [5.41, 5.74) is 2.06. The van der Waals surface area contributed by atoms with Crippen LogP contribution in [0.4, 0.5) is 4.79 Å². The first kappa shape index (κ1) is 17.4. The Labute approximate surface area is 145 Å². The van der Waals surface area contributed by atoms with E-state index in [4.69, 9.17) is 9.84 Å². The second-order valence-corrected chi connectivity index (χ2v) is 6.17. The molecule has 1 aromatic carbocycles. The number of nitrogens with zero attached hydrogens (tertiary/aromatic N) is 3. The molecule has 2 heterocycles. The summed E-state index contributed by atoms with van der Waals surface area (Å²) in [6, 6.07) is 5.53. The zero-order valence-corrected chi connectivity index (χ0v) is 14.1. The fourth-order valence-corrected chi connectivity index (χ4v) is 3.18. The molecule has 25 heavy (non-hydrogen) atoms. The molecule has 3 rings (SSSR count). The van der Waals surface area contributed by atoms with Crippen molar-refractivity contribution in [2.45, 2.75) is 25.0 Å². The molecular weight excluding hydrogens is 324 g/mol. The molecule has 134 valence electrons. The van der Waals surface area contributed by atoms with Gasteiger partial charge in [-0.05, 0) is 18.9 Å². The number of aromatic nitrogens is 2. The SMILES string of the molecule is COc1cnc2cccc(C(O)CN3CCC(NC(=O)O)CC3)c2n1. The van der Waals surface area contributed by atoms with Gasteiger partial charge in [0, 0.05) is 31.2 Å². The van der Waals surface area contributed by atoms with E-state index in [-0.39, 0.29) is 6.04 Å². The largest absolute Gasteiger partial charge is 0.480 e. The number of carbonyl (C=O) groups is 1. The zero-order valence-electron chi connectivity index (χ0n) is 14.1. The van der Waals surface area contributed by atoms with Gasteiger partial charge in [-0.2, -0.15) is 0 Å². The van der Waals surface area contributed by atoms with Gasteiger partial charge in [0.2, 0.25) is 5.88 Å². The number of rotatable bonds is 5. The van der Waals surface area contributed by atoms with Crippen molar-refractivity contribution in [2.24, 2.45) is 0 Å². The molecule has 8 heteroatoms. The first-order valence-corrected chi connectivity index (χ1v) is 8.26. The van der Waals surface area contributed by atoms with E-state index in [1.165, 1.54) is 7.11 Å². The molecule has 3 N–H and O–H groups in total. The van der Waals surface area contributed by atoms with Crippen molar-refractivity contribution in [3.8, 4) is 5.88 Å². The van der Waals surface area contributed by atoms with Crippen LogP contribution in [0, 0.1) is 0 Å². The second kappa shape index (κ2) is 7.62. The summed E-state index contributed by atoms with van der Waals surface area (Å²) in [5, 5.41) is 22.0. The Kier molecular flexibility index (Phi) is 5.30. The van der Waals surface area contributed by atoms with Gasteiger partial charge < -0.3 is 25.2 Å². The third-order valence-electron chi connectivity index (χ3n) is 4.50. The molecule has 0 bridgehead atoms. The van der Waals surface area contributed by atoms with Gasteiger partial charge in [0.1, 0.15) is 0 Å². The Morgan fingerprint density at radius 2 is 2.20 bits per heavy atom. The van der Waals surface area contributed by atoms with Crippen molar-refractivity contribution < 1.29 is 19.7 Å². The van der Waals surface area contributed by atoms with Crippen molar-refractivity contribution in [3.63, 3.8) is 0 Å². The molecule has 1 aliphatic rings. The number of hydrogen-bond acceptors (Lipinski definition) is 6. The van der Waals surface area contributed by atoms with Gasteiger partial charge in [-0.25, -0.2) is 14.8 Å². The van der Waals surface area contributed by atoms with Crippen molar-refractivity contribution >= 4 is 17.1 Å². The molecular formula is C17H22N4O4. The number of aliphatic hydroxyl groups is 1. The highest BCUT2D eigenvalue weighted by Gasteiger charge is 2.23. The number of benzene rings is 1. The number of aliphatic hydroxyl groups excluding tert-OH is 1. The van der Waals surface area contributed by atoms with E-state index in [9.17, 15) is 9.90 Å². The van der Waals surface area contributed by atoms with Crippen molar-refractivity contribution in [2.75, 3.05) is 26.7 Å². The van der Waals surface area contributed by atoms with Crippen LogP contribution in [0.15, 0.2) is 24.4 Å². The first-order chi connectivity index (χ1) is 12.1. The summed E-state index contributed by atoms with van der Waals surface area (Å²) in [5.74, 6) is 0.410. The minimum Gasteiger partial charge on any atom is -0.480 e. The number of likely N-dealkylation sites (tertiary alicyclic amines) is 1. The van der Waals surface area contributed by atoms with Crippen LogP contribution in [0.5, 0.6) is 5.88 Å². The standard InChI is InChI=1S/C17H22N4O4/c1-25-15-9-18-13-4-2-3-12(16(13)20-15)14(22)10-21-7-5-11(6-8-21)19-17(23)24/h2-4,9,11,14,19,22H,5-8,10H2,1H3,(H,23,24). The van der Waals surface area contributed by atoms with E-state index in [1.54, 1.807) is 6.20 Å². The smallest absolute Gasteiger partial charge is 0.404 e. The van der Waals surface area contributed by atoms with E-state index >= 15 is 0 Å². The van der Waals surface area contributed by atoms with Gasteiger partial charge in [0.05, 0.1) is 30.4 Å². The number of methoxy groups -OCH3 is 1. The Morgan fingerprint density at radius 1 is 1.44 bits per heavy atom. The number of carboxylic acid groups (broad SMARTS) is 1. The lowest BCUT2D eigenvalue weighted by molar-refractivity contribution is 0.0941. The highest BCUT2D eigenvalue weighted by atomic mass is 16.5. The quantitative estimate of drug-likeness (QED) is 0.751. The van der Waals surface area contributed by atoms with E-state index in [2.05, 4.69) is 20.2 Å². The van der Waals surface area contributed by atoms with Crippen LogP contribution in [-0.2, 0) is 0 Å². The van der Waals surface area contributed by atoms with E-state index in [0.717, 1.165) is 31.5 Å². The number of para-hydroxylation sites is 1. The summed E-state index contributed by atoms with van der Waals surface area (Å²) >= 11 is 0. The highest BCUT2D eigenvalue weighted by Crippen LogP contribution is 2.25. The van der Waals surface area contributed by atoms with E-state index < -0.39 is 12.2 Å². The fraction of sp³-hybridized carbons (Fsp3) is 0.471. The number of ether oxygens (including phenoxy) is 1. The third kappa shape index (κ3) is 4.15. The molecule has 1 aliphatic heterocycles. The van der Waals surface area contributed by atoms with Crippen LogP contribution in [0.3, 0.4) is 0 Å². The average Bonchev–Trinajstić information content (AvgIpc) is 2.62. The van der Waals surface area contributed by atoms with Crippen LogP contribution in [0.1, 0.15) is 24.5 Å². The topological polar surface area (TPSA) is 108 Å². The van der Waals surface area contributed by atoms with Crippen LogP contribution in [-0.4, -0.2) is 64.0 Å². The van der Waals surface area contributed by atoms with Crippen LogP contribution in [0.2, 0.25) is 0 Å². The summed E-state index contributed by atoms with van der Waals surface area (Å²) < 4.78 is 5.13. The number of amides is 1. The molecule has 1 fully saturated rings. The number of β-amino-alcohol motifs (C(OH)–C–C–N with tert-alkyl or cyclic N) is 1. The molecule has 1 amide bonds. The van der Waals surface area contributed by atoms with Crippen molar-refractivity contribution in [1.29, 1.82) is 0 Å². The maximum atomic E-state index is 10.7. The normalized spacial score (nSPS) is 17.4. The summed E-state index contributed by atoms with van der Waals surface area (Å²) in [4.78, 5) is 21.6. The summed E-state index contributed by atoms with van der Waals surface area (Å²) in [6.45, 7) is 1.95. The third-order valence-corrected chi connectivity index (χ3v) is 4.50. The minimum atomic E-state index is -0.984. The predicted molar refractivity (Wildman–Crippen MR) is 91.7 cm³/mol. The minimum absolute atomic E-state index is 0.0152. The lowest BCUT2D eigenvalue weighted by Gasteiger charge is -2.33. The molecule has 1 atom stereocenters. The molecule has 0 radical (unpaired) electrons. The number of fused-ring (bicyclic) bond motifs is 1. The fourth-order valence-electron chi connectivity index (χ4n) is 3.18. The summed E-state index contributed by atoms with van der Waals surface area (Å²) in [6.07, 6.45) is 1.35. The van der Waals surface area contributed by atoms with E-state index in [1.807, 2.05) is 18.2 Å². The Hall–Kier alpha value is -2.45. The first-order valence-electron chi connectivity index (χ1n) is 8.26.